The molecule has 0 aliphatic heterocycles. The van der Waals surface area contributed by atoms with Crippen molar-refractivity contribution in [2.45, 2.75) is 0 Å². The van der Waals surface area contributed by atoms with E-state index in [4.69, 9.17) is 5.73 Å². The molecule has 0 amide bonds. The number of anilines is 1. The van der Waals surface area contributed by atoms with Crippen molar-refractivity contribution in [3.8, 4) is 0 Å². The lowest BCUT2D eigenvalue weighted by atomic mass is 10.2. The van der Waals surface area contributed by atoms with Gasteiger partial charge in [-0.3, -0.25) is 4.79 Å². The average Bonchev–Trinajstić information content (AvgIpc) is 2.07. The number of benzene rings is 1. The average molecular weight is 162 g/mol. The van der Waals surface area contributed by atoms with E-state index < -0.39 is 0 Å². The topological polar surface area (TPSA) is 84.7 Å². The molecule has 0 atom stereocenters. The molecule has 0 aliphatic rings. The third-order valence-electron chi connectivity index (χ3n) is 1.57. The molecule has 0 bridgehead atoms. The van der Waals surface area contributed by atoms with Gasteiger partial charge in [-0.25, -0.2) is 5.10 Å². The molecule has 3 N–H and O–H groups in total. The highest BCUT2D eigenvalue weighted by atomic mass is 16.1. The summed E-state index contributed by atoms with van der Waals surface area (Å²) in [4.78, 5) is 11.1. The molecule has 1 aromatic heterocycles. The number of nitrogens with one attached hydrogen (secondary N) is 1. The minimum absolute atomic E-state index is 0.271. The minimum atomic E-state index is -0.271. The highest BCUT2D eigenvalue weighted by molar-refractivity contribution is 5.80. The third-order valence-corrected chi connectivity index (χ3v) is 1.57. The number of aromatic nitrogens is 3. The number of hydrogen-bond donors (Lipinski definition) is 2. The molecule has 1 aromatic carbocycles. The number of H-pyrrole nitrogens is 1. The van der Waals surface area contributed by atoms with E-state index in [9.17, 15) is 4.79 Å². The number of nitrogens with zero attached hydrogens (tertiary/aromatic N) is 2. The van der Waals surface area contributed by atoms with E-state index in [0.29, 0.717) is 16.6 Å². The maximum Gasteiger partial charge on any atom is 0.275 e. The second kappa shape index (κ2) is 2.30. The Balaban J connectivity index is 2.98. The Bertz CT molecular complexity index is 476. The Hall–Kier alpha value is -1.91. The van der Waals surface area contributed by atoms with Gasteiger partial charge < -0.3 is 5.73 Å². The van der Waals surface area contributed by atoms with Crippen molar-refractivity contribution in [3.05, 3.63) is 28.6 Å². The maximum absolute atomic E-state index is 11.1. The summed E-state index contributed by atoms with van der Waals surface area (Å²) in [6.45, 7) is 0. The van der Waals surface area contributed by atoms with Gasteiger partial charge in [0.2, 0.25) is 0 Å². The van der Waals surface area contributed by atoms with Crippen molar-refractivity contribution in [2.24, 2.45) is 0 Å². The fourth-order valence-electron chi connectivity index (χ4n) is 1.01. The molecule has 2 aromatic rings. The first-order valence-electron chi connectivity index (χ1n) is 3.38. The molecule has 0 saturated carbocycles. The van der Waals surface area contributed by atoms with Crippen molar-refractivity contribution in [3.63, 3.8) is 0 Å². The van der Waals surface area contributed by atoms with Crippen LogP contribution in [0, 0.1) is 0 Å². The number of aromatic amines is 1. The third kappa shape index (κ3) is 0.914. The molecule has 0 spiro atoms. The summed E-state index contributed by atoms with van der Waals surface area (Å²) in [5.41, 5.74) is 6.31. The summed E-state index contributed by atoms with van der Waals surface area (Å²) < 4.78 is 0. The van der Waals surface area contributed by atoms with Crippen LogP contribution in [0.25, 0.3) is 10.9 Å². The molecule has 5 heteroatoms. The molecule has 5 nitrogen and oxygen atoms in total. The van der Waals surface area contributed by atoms with Gasteiger partial charge in [-0.2, -0.15) is 0 Å². The quantitative estimate of drug-likeness (QED) is 0.530. The van der Waals surface area contributed by atoms with Crippen molar-refractivity contribution in [1.29, 1.82) is 0 Å². The molecule has 0 radical (unpaired) electrons. The number of fused-ring (bicyclic) bond motifs is 1. The van der Waals surface area contributed by atoms with E-state index in [1.165, 1.54) is 0 Å². The van der Waals surface area contributed by atoms with Crippen molar-refractivity contribution in [1.82, 2.24) is 15.4 Å². The maximum atomic E-state index is 11.1. The molecule has 60 valence electrons. The molecule has 0 saturated heterocycles. The van der Waals surface area contributed by atoms with Crippen molar-refractivity contribution >= 4 is 16.6 Å². The van der Waals surface area contributed by atoms with E-state index in [-0.39, 0.29) is 5.56 Å². The zero-order valence-electron chi connectivity index (χ0n) is 6.11. The van der Waals surface area contributed by atoms with Gasteiger partial charge in [0.05, 0.1) is 5.39 Å². The second-order valence-electron chi connectivity index (χ2n) is 2.42. The highest BCUT2D eigenvalue weighted by Crippen LogP contribution is 2.09. The Morgan fingerprint density at radius 2 is 2.25 bits per heavy atom. The van der Waals surface area contributed by atoms with Gasteiger partial charge in [-0.15, -0.1) is 5.10 Å². The van der Waals surface area contributed by atoms with Crippen molar-refractivity contribution in [2.75, 3.05) is 5.73 Å². The van der Waals surface area contributed by atoms with Crippen LogP contribution in [0.5, 0.6) is 0 Å². The molecule has 0 unspecified atom stereocenters. The van der Waals surface area contributed by atoms with E-state index in [1.807, 2.05) is 0 Å². The smallest absolute Gasteiger partial charge is 0.275 e. The number of nitrogen functional groups attached to an aromatic ring is 1. The van der Waals surface area contributed by atoms with Gasteiger partial charge >= 0.3 is 0 Å². The molecular weight excluding hydrogens is 156 g/mol. The van der Waals surface area contributed by atoms with E-state index in [0.717, 1.165) is 0 Å². The van der Waals surface area contributed by atoms with Crippen molar-refractivity contribution < 1.29 is 0 Å². The van der Waals surface area contributed by atoms with Crippen LogP contribution in [0.1, 0.15) is 0 Å². The number of hydrogen-bond acceptors (Lipinski definition) is 4. The van der Waals surface area contributed by atoms with Crippen LogP contribution >= 0.6 is 0 Å². The van der Waals surface area contributed by atoms with Gasteiger partial charge in [-0.1, -0.05) is 5.21 Å². The largest absolute Gasteiger partial charge is 0.399 e. The lowest BCUT2D eigenvalue weighted by Crippen LogP contribution is -2.09. The number of nitrogens with two attached hydrogens (primary N) is 1. The minimum Gasteiger partial charge on any atom is -0.399 e. The molecule has 2 rings (SSSR count). The molecule has 1 heterocycles. The lowest BCUT2D eigenvalue weighted by Gasteiger charge is -1.94. The lowest BCUT2D eigenvalue weighted by molar-refractivity contribution is 0.872. The molecule has 12 heavy (non-hydrogen) atoms. The van der Waals surface area contributed by atoms with Gasteiger partial charge in [0.1, 0.15) is 5.52 Å². The SMILES string of the molecule is Nc1ccc2nn[nH]c(=O)c2c1. The monoisotopic (exact) mass is 162 g/mol. The van der Waals surface area contributed by atoms with Crippen LogP contribution in [0.15, 0.2) is 23.0 Å². The molecule has 0 fully saturated rings. The fourth-order valence-corrected chi connectivity index (χ4v) is 1.01. The standard InChI is InChI=1S/C7H6N4O/c8-4-1-2-6-5(3-4)7(12)10-11-9-6/h1-3H,8H2,(H,9,10,12). The fraction of sp³-hybridized carbons (Fsp3) is 0. The van der Waals surface area contributed by atoms with Crippen LogP contribution in [-0.2, 0) is 0 Å². The van der Waals surface area contributed by atoms with Crippen LogP contribution in [0.3, 0.4) is 0 Å². The first-order valence-corrected chi connectivity index (χ1v) is 3.38. The summed E-state index contributed by atoms with van der Waals surface area (Å²) in [5, 5.41) is 9.83. The summed E-state index contributed by atoms with van der Waals surface area (Å²) in [6.07, 6.45) is 0. The summed E-state index contributed by atoms with van der Waals surface area (Å²) in [7, 11) is 0. The zero-order chi connectivity index (χ0) is 8.55. The Kier molecular flexibility index (Phi) is 1.30. The van der Waals surface area contributed by atoms with Gasteiger partial charge in [0.25, 0.3) is 5.56 Å². The normalized spacial score (nSPS) is 10.3. The Labute approximate surface area is 67.2 Å². The summed E-state index contributed by atoms with van der Waals surface area (Å²) >= 11 is 0. The van der Waals surface area contributed by atoms with E-state index in [2.05, 4.69) is 15.4 Å². The Morgan fingerprint density at radius 1 is 1.42 bits per heavy atom. The van der Waals surface area contributed by atoms with Crippen LogP contribution in [0.4, 0.5) is 5.69 Å². The van der Waals surface area contributed by atoms with Crippen LogP contribution in [-0.4, -0.2) is 15.4 Å². The summed E-state index contributed by atoms with van der Waals surface area (Å²) in [5.74, 6) is 0. The second-order valence-corrected chi connectivity index (χ2v) is 2.42. The van der Waals surface area contributed by atoms with E-state index in [1.54, 1.807) is 18.2 Å². The van der Waals surface area contributed by atoms with E-state index >= 15 is 0 Å². The van der Waals surface area contributed by atoms with Crippen LogP contribution in [0.2, 0.25) is 0 Å². The first kappa shape index (κ1) is 6.78. The predicted molar refractivity (Wildman–Crippen MR) is 44.6 cm³/mol. The highest BCUT2D eigenvalue weighted by Gasteiger charge is 1.98. The van der Waals surface area contributed by atoms with Gasteiger partial charge in [0.15, 0.2) is 0 Å². The molecule has 0 aliphatic carbocycles. The van der Waals surface area contributed by atoms with Gasteiger partial charge in [0, 0.05) is 5.69 Å². The predicted octanol–water partition coefficient (Wildman–Crippen LogP) is -0.0997. The van der Waals surface area contributed by atoms with Gasteiger partial charge in [-0.05, 0) is 18.2 Å². The Morgan fingerprint density at radius 3 is 3.08 bits per heavy atom. The number of rotatable bonds is 0. The van der Waals surface area contributed by atoms with Crippen LogP contribution < -0.4 is 11.3 Å². The summed E-state index contributed by atoms with van der Waals surface area (Å²) in [6, 6.07) is 4.91. The molecular formula is C7H6N4O. The first-order chi connectivity index (χ1) is 5.77. The zero-order valence-corrected chi connectivity index (χ0v) is 6.11.